The van der Waals surface area contributed by atoms with Crippen LogP contribution in [0.3, 0.4) is 0 Å². The van der Waals surface area contributed by atoms with E-state index in [1.807, 2.05) is 18.3 Å². The van der Waals surface area contributed by atoms with Gasteiger partial charge in [0.25, 0.3) is 0 Å². The van der Waals surface area contributed by atoms with E-state index >= 15 is 0 Å². The zero-order valence-electron chi connectivity index (χ0n) is 7.76. The monoisotopic (exact) mass is 293 g/mol. The zero-order valence-corrected chi connectivity index (χ0v) is 14.2. The Morgan fingerprint density at radius 2 is 2.17 bits per heavy atom. The molecule has 12 heavy (non-hydrogen) atoms. The average Bonchev–Trinajstić information content (AvgIpc) is 2.19. The van der Waals surface area contributed by atoms with Crippen LogP contribution in [0.25, 0.3) is 0 Å². The number of unbranched alkanes of at least 4 members (excludes halogenated alkanes) is 1. The first-order valence-corrected chi connectivity index (χ1v) is 11.4. The summed E-state index contributed by atoms with van der Waals surface area (Å²) in [5.74, 6) is 0. The summed E-state index contributed by atoms with van der Waals surface area (Å²) in [6.45, 7) is 2.20. The number of rotatable bonds is 3. The third kappa shape index (κ3) is 5.83. The number of pyridine rings is 1. The van der Waals surface area contributed by atoms with Crippen LogP contribution in [-0.2, 0) is 6.42 Å². The first-order chi connectivity index (χ1) is 5.93. The van der Waals surface area contributed by atoms with Crippen LogP contribution in [0.1, 0.15) is 25.5 Å². The van der Waals surface area contributed by atoms with Gasteiger partial charge in [0.2, 0.25) is 0 Å². The van der Waals surface area contributed by atoms with Crippen LogP contribution in [0.2, 0.25) is 0 Å². The van der Waals surface area contributed by atoms with Crippen molar-refractivity contribution in [1.29, 1.82) is 0 Å². The van der Waals surface area contributed by atoms with Crippen molar-refractivity contribution < 1.29 is 0 Å². The van der Waals surface area contributed by atoms with Gasteiger partial charge in [-0.1, -0.05) is 19.4 Å². The summed E-state index contributed by atoms with van der Waals surface area (Å²) in [6.07, 6.45) is 5.47. The molecule has 0 aromatic carbocycles. The van der Waals surface area contributed by atoms with Gasteiger partial charge >= 0.3 is 30.3 Å². The number of nitrogens with zero attached hydrogens (tertiary/aromatic N) is 1. The van der Waals surface area contributed by atoms with Gasteiger partial charge in [-0.3, -0.25) is 4.98 Å². The van der Waals surface area contributed by atoms with Crippen molar-refractivity contribution in [1.82, 2.24) is 4.98 Å². The van der Waals surface area contributed by atoms with Crippen LogP contribution in [-0.4, -0.2) is 26.4 Å². The van der Waals surface area contributed by atoms with Gasteiger partial charge < -0.3 is 0 Å². The summed E-state index contributed by atoms with van der Waals surface area (Å²) in [6, 6.07) is 6.07. The van der Waals surface area contributed by atoms with Crippen molar-refractivity contribution in [2.24, 2.45) is 0 Å². The zero-order chi connectivity index (χ0) is 9.23. The Morgan fingerprint density at radius 3 is 2.67 bits per heavy atom. The Kier molecular flexibility index (Phi) is 9.51. The molecule has 0 aliphatic heterocycles. The second-order valence-corrected chi connectivity index (χ2v) is 2.42. The third-order valence-corrected chi connectivity index (χ3v) is 1.51. The van der Waals surface area contributed by atoms with E-state index < -0.39 is 0 Å². The molecule has 0 N–H and O–H groups in total. The molecule has 0 amide bonds. The summed E-state index contributed by atoms with van der Waals surface area (Å²) in [5.41, 5.74) is 1.21. The molecule has 68 valence electrons. The van der Waals surface area contributed by atoms with Gasteiger partial charge in [-0.2, -0.15) is 0 Å². The Bertz CT molecular complexity index is 179. The number of aromatic nitrogens is 1. The summed E-state index contributed by atoms with van der Waals surface area (Å²) >= 11 is 0.422. The molecule has 1 nitrogen and oxygen atoms in total. The van der Waals surface area contributed by atoms with E-state index in [1.54, 1.807) is 0 Å². The molecule has 0 saturated carbocycles. The molecule has 0 saturated heterocycles. The molecule has 1 heterocycles. The molecule has 0 radical (unpaired) electrons. The standard InChI is InChI=1S/C9H13N.ClH.Sn.3H/c1-2-3-6-9-7-4-5-8-10-9;;;;;/h4-5,7-8H,2-3,6H2,1H3;1H;;;;/q;;+1;;;/p-1. The summed E-state index contributed by atoms with van der Waals surface area (Å²) < 4.78 is 0. The van der Waals surface area contributed by atoms with Crippen molar-refractivity contribution in [3.8, 4) is 0 Å². The summed E-state index contributed by atoms with van der Waals surface area (Å²) in [4.78, 5) is 4.22. The Hall–Kier alpha value is 0.239. The van der Waals surface area contributed by atoms with Crippen molar-refractivity contribution in [2.45, 2.75) is 26.2 Å². The topological polar surface area (TPSA) is 12.9 Å². The maximum atomic E-state index is 4.85. The van der Waals surface area contributed by atoms with Gasteiger partial charge in [0.1, 0.15) is 0 Å². The fourth-order valence-corrected chi connectivity index (χ4v) is 0.904. The molecule has 0 aliphatic rings. The molecule has 0 fully saturated rings. The fraction of sp³-hybridized carbons (Fsp3) is 0.444. The Labute approximate surface area is 91.3 Å². The Morgan fingerprint density at radius 1 is 1.42 bits per heavy atom. The van der Waals surface area contributed by atoms with Gasteiger partial charge in [0.05, 0.1) is 0 Å². The number of aryl methyl sites for hydroxylation is 1. The maximum absolute atomic E-state index is 4.85. The SMILES string of the molecule is CCCCc1ccccn1.[Cl][SnH3]. The van der Waals surface area contributed by atoms with Gasteiger partial charge in [0, 0.05) is 11.9 Å². The van der Waals surface area contributed by atoms with Crippen molar-refractivity contribution in [3.05, 3.63) is 30.1 Å². The van der Waals surface area contributed by atoms with E-state index in [-0.39, 0.29) is 0 Å². The van der Waals surface area contributed by atoms with Crippen LogP contribution < -0.4 is 0 Å². The number of hydrogen-bond donors (Lipinski definition) is 0. The van der Waals surface area contributed by atoms with E-state index in [1.165, 1.54) is 18.5 Å². The van der Waals surface area contributed by atoms with E-state index in [2.05, 4.69) is 18.0 Å². The van der Waals surface area contributed by atoms with Gasteiger partial charge in [0.15, 0.2) is 0 Å². The van der Waals surface area contributed by atoms with Gasteiger partial charge in [-0.25, -0.2) is 0 Å². The van der Waals surface area contributed by atoms with E-state index in [9.17, 15) is 0 Å². The molecule has 0 atom stereocenters. The van der Waals surface area contributed by atoms with Gasteiger partial charge in [-0.05, 0) is 25.0 Å². The molecule has 0 unspecified atom stereocenters. The Balaban J connectivity index is 0.000000561. The second-order valence-electron chi connectivity index (χ2n) is 2.42. The molecular formula is C9H16ClNSn. The van der Waals surface area contributed by atoms with Gasteiger partial charge in [-0.15, -0.1) is 0 Å². The first kappa shape index (κ1) is 12.2. The second kappa shape index (κ2) is 9.33. The number of hydrogen-bond acceptors (Lipinski definition) is 1. The van der Waals surface area contributed by atoms with Crippen molar-refractivity contribution in [2.75, 3.05) is 0 Å². The van der Waals surface area contributed by atoms with Crippen molar-refractivity contribution >= 4 is 30.3 Å². The molecular weight excluding hydrogens is 276 g/mol. The molecule has 0 bridgehead atoms. The van der Waals surface area contributed by atoms with E-state index in [4.69, 9.17) is 8.92 Å². The molecule has 1 aromatic heterocycles. The molecule has 3 heteroatoms. The number of halogens is 1. The fourth-order valence-electron chi connectivity index (χ4n) is 0.904. The van der Waals surface area contributed by atoms with E-state index in [0.717, 1.165) is 6.42 Å². The molecule has 1 rings (SSSR count). The quantitative estimate of drug-likeness (QED) is 0.776. The summed E-state index contributed by atoms with van der Waals surface area (Å²) in [5, 5.41) is 0. The van der Waals surface area contributed by atoms with Crippen LogP contribution in [0.4, 0.5) is 0 Å². The first-order valence-electron chi connectivity index (χ1n) is 4.21. The normalized spacial score (nSPS) is 8.83. The van der Waals surface area contributed by atoms with Crippen molar-refractivity contribution in [3.63, 3.8) is 0 Å². The molecule has 0 aliphatic carbocycles. The predicted molar refractivity (Wildman–Crippen MR) is 58.6 cm³/mol. The average molecular weight is 292 g/mol. The van der Waals surface area contributed by atoms with Crippen LogP contribution in [0.15, 0.2) is 24.4 Å². The van der Waals surface area contributed by atoms with Crippen LogP contribution in [0, 0.1) is 0 Å². The predicted octanol–water partition coefficient (Wildman–Crippen LogP) is 1.93. The van der Waals surface area contributed by atoms with Crippen LogP contribution >= 0.6 is 8.92 Å². The third-order valence-electron chi connectivity index (χ3n) is 1.51. The minimum atomic E-state index is 0.422. The molecule has 1 aromatic rings. The van der Waals surface area contributed by atoms with Crippen LogP contribution in [0.5, 0.6) is 0 Å². The molecule has 0 spiro atoms. The minimum absolute atomic E-state index is 0.422. The summed E-state index contributed by atoms with van der Waals surface area (Å²) in [7, 11) is 4.85. The van der Waals surface area contributed by atoms with E-state index in [0.29, 0.717) is 21.4 Å².